The van der Waals surface area contributed by atoms with Crippen LogP contribution in [0.25, 0.3) is 5.76 Å². The predicted molar refractivity (Wildman–Crippen MR) is 145 cm³/mol. The largest absolute Gasteiger partial charge is 0.507 e. The molecule has 1 amide bonds. The molecule has 1 atom stereocenters. The molecular weight excluding hydrogens is 501 g/mol. The van der Waals surface area contributed by atoms with E-state index < -0.39 is 17.7 Å². The van der Waals surface area contributed by atoms with Gasteiger partial charge in [-0.05, 0) is 53.4 Å². The number of hydrogen-bond acceptors (Lipinski definition) is 6. The first-order chi connectivity index (χ1) is 18.8. The summed E-state index contributed by atoms with van der Waals surface area (Å²) in [5.41, 5.74) is 1.73. The van der Waals surface area contributed by atoms with E-state index in [1.807, 2.05) is 13.8 Å². The molecule has 3 aromatic carbocycles. The van der Waals surface area contributed by atoms with Crippen molar-refractivity contribution in [2.24, 2.45) is 5.92 Å². The van der Waals surface area contributed by atoms with E-state index in [9.17, 15) is 19.1 Å². The molecule has 4 rings (SSSR count). The van der Waals surface area contributed by atoms with Gasteiger partial charge in [0.05, 0.1) is 24.8 Å². The highest BCUT2D eigenvalue weighted by Crippen LogP contribution is 2.40. The van der Waals surface area contributed by atoms with Crippen molar-refractivity contribution in [3.05, 3.63) is 101 Å². The lowest BCUT2D eigenvalue weighted by atomic mass is 9.95. The summed E-state index contributed by atoms with van der Waals surface area (Å²) in [5, 5.41) is 11.4. The molecule has 0 radical (unpaired) electrons. The number of rotatable bonds is 11. The number of benzene rings is 3. The zero-order valence-electron chi connectivity index (χ0n) is 22.2. The fraction of sp³-hybridized carbons (Fsp3) is 0.290. The number of halogens is 1. The van der Waals surface area contributed by atoms with Gasteiger partial charge in [-0.2, -0.15) is 0 Å². The second-order valence-electron chi connectivity index (χ2n) is 9.71. The second-order valence-corrected chi connectivity index (χ2v) is 9.71. The Morgan fingerprint density at radius 1 is 0.974 bits per heavy atom. The van der Waals surface area contributed by atoms with Gasteiger partial charge in [-0.15, -0.1) is 0 Å². The smallest absolute Gasteiger partial charge is 0.295 e. The molecule has 0 bridgehead atoms. The van der Waals surface area contributed by atoms with Crippen molar-refractivity contribution >= 4 is 17.4 Å². The molecule has 0 aromatic heterocycles. The Labute approximate surface area is 227 Å². The molecule has 7 nitrogen and oxygen atoms in total. The highest BCUT2D eigenvalue weighted by molar-refractivity contribution is 6.46. The maximum Gasteiger partial charge on any atom is 0.295 e. The van der Waals surface area contributed by atoms with Crippen LogP contribution in [-0.4, -0.2) is 48.6 Å². The Balaban J connectivity index is 1.70. The summed E-state index contributed by atoms with van der Waals surface area (Å²) >= 11 is 0. The quantitative estimate of drug-likeness (QED) is 0.199. The molecule has 1 aliphatic rings. The number of aliphatic hydroxyl groups is 1. The van der Waals surface area contributed by atoms with Crippen molar-refractivity contribution in [2.45, 2.75) is 26.5 Å². The van der Waals surface area contributed by atoms with E-state index in [-0.39, 0.29) is 36.9 Å². The Hall–Kier alpha value is -4.17. The molecule has 1 aliphatic heterocycles. The number of Topliss-reactive ketones (excluding diaryl/α,β-unsaturated/α-hetero) is 1. The molecule has 8 heteroatoms. The van der Waals surface area contributed by atoms with Gasteiger partial charge in [0, 0.05) is 19.2 Å². The molecule has 1 heterocycles. The van der Waals surface area contributed by atoms with Crippen LogP contribution in [-0.2, 0) is 20.9 Å². The van der Waals surface area contributed by atoms with E-state index in [0.717, 1.165) is 5.56 Å². The van der Waals surface area contributed by atoms with E-state index in [1.54, 1.807) is 60.7 Å². The predicted octanol–water partition coefficient (Wildman–Crippen LogP) is 5.51. The van der Waals surface area contributed by atoms with Gasteiger partial charge >= 0.3 is 0 Å². The molecular formula is C31H32FNO6. The lowest BCUT2D eigenvalue weighted by Crippen LogP contribution is -2.32. The molecule has 0 aliphatic carbocycles. The van der Waals surface area contributed by atoms with Crippen molar-refractivity contribution in [1.82, 2.24) is 4.90 Å². The highest BCUT2D eigenvalue weighted by atomic mass is 19.1. The van der Waals surface area contributed by atoms with Crippen LogP contribution in [0.3, 0.4) is 0 Å². The third kappa shape index (κ3) is 6.64. The first-order valence-corrected chi connectivity index (χ1v) is 12.8. The van der Waals surface area contributed by atoms with Crippen LogP contribution in [0, 0.1) is 11.7 Å². The monoisotopic (exact) mass is 533 g/mol. The molecule has 3 aromatic rings. The SMILES string of the molecule is COCCN1C(=O)C(=O)/C(=C(\O)c2cccc(OCC(C)C)c2)C1c1cccc(OCc2ccc(F)cc2)c1. The van der Waals surface area contributed by atoms with E-state index in [0.29, 0.717) is 35.2 Å². The van der Waals surface area contributed by atoms with Crippen molar-refractivity contribution in [3.8, 4) is 11.5 Å². The molecule has 204 valence electrons. The summed E-state index contributed by atoms with van der Waals surface area (Å²) in [7, 11) is 1.51. The van der Waals surface area contributed by atoms with Gasteiger partial charge in [0.15, 0.2) is 0 Å². The van der Waals surface area contributed by atoms with Crippen molar-refractivity contribution in [3.63, 3.8) is 0 Å². The van der Waals surface area contributed by atoms with E-state index in [1.165, 1.54) is 24.1 Å². The number of aliphatic hydroxyl groups excluding tert-OH is 1. The number of hydrogen-bond donors (Lipinski definition) is 1. The summed E-state index contributed by atoms with van der Waals surface area (Å²) in [6.45, 7) is 5.13. The number of likely N-dealkylation sites (tertiary alicyclic amines) is 1. The summed E-state index contributed by atoms with van der Waals surface area (Å²) in [6, 6.07) is 19.0. The number of carbonyl (C=O) groups excluding carboxylic acids is 2. The zero-order chi connectivity index (χ0) is 27.9. The molecule has 0 saturated carbocycles. The molecule has 0 spiro atoms. The van der Waals surface area contributed by atoms with Crippen molar-refractivity contribution in [1.29, 1.82) is 0 Å². The van der Waals surface area contributed by atoms with Gasteiger partial charge in [0.2, 0.25) is 0 Å². The normalized spacial score (nSPS) is 16.6. The van der Waals surface area contributed by atoms with Gasteiger partial charge in [0.1, 0.15) is 29.7 Å². The fourth-order valence-corrected chi connectivity index (χ4v) is 4.32. The van der Waals surface area contributed by atoms with Gasteiger partial charge in [0.25, 0.3) is 11.7 Å². The molecule has 1 fully saturated rings. The lowest BCUT2D eigenvalue weighted by Gasteiger charge is -2.25. The highest BCUT2D eigenvalue weighted by Gasteiger charge is 2.46. The van der Waals surface area contributed by atoms with Gasteiger partial charge in [-0.1, -0.05) is 50.2 Å². The standard InChI is InChI=1S/C31H32FNO6/c1-20(2)18-38-26-9-5-7-23(17-26)29(34)27-28(33(14-15-37-3)31(36)30(27)35)22-6-4-8-25(16-22)39-19-21-10-12-24(32)13-11-21/h4-13,16-17,20,28,34H,14-15,18-19H2,1-3H3/b29-27-. The van der Waals surface area contributed by atoms with Crippen LogP contribution >= 0.6 is 0 Å². The Bertz CT molecular complexity index is 1350. The van der Waals surface area contributed by atoms with E-state index >= 15 is 0 Å². The summed E-state index contributed by atoms with van der Waals surface area (Å²) < 4.78 is 30.1. The zero-order valence-corrected chi connectivity index (χ0v) is 22.2. The maximum atomic E-state index is 13.3. The Morgan fingerprint density at radius 3 is 2.36 bits per heavy atom. The van der Waals surface area contributed by atoms with Crippen LogP contribution in [0.15, 0.2) is 78.4 Å². The third-order valence-electron chi connectivity index (χ3n) is 6.26. The van der Waals surface area contributed by atoms with Gasteiger partial charge in [-0.25, -0.2) is 4.39 Å². The molecule has 1 unspecified atom stereocenters. The van der Waals surface area contributed by atoms with Gasteiger partial charge in [-0.3, -0.25) is 9.59 Å². The molecule has 1 N–H and O–H groups in total. The number of amides is 1. The average molecular weight is 534 g/mol. The van der Waals surface area contributed by atoms with Crippen LogP contribution in [0.2, 0.25) is 0 Å². The second kappa shape index (κ2) is 12.6. The summed E-state index contributed by atoms with van der Waals surface area (Å²) in [4.78, 5) is 27.8. The van der Waals surface area contributed by atoms with Crippen molar-refractivity contribution < 1.29 is 33.3 Å². The van der Waals surface area contributed by atoms with Crippen molar-refractivity contribution in [2.75, 3.05) is 26.9 Å². The van der Waals surface area contributed by atoms with Crippen LogP contribution in [0.4, 0.5) is 4.39 Å². The summed E-state index contributed by atoms with van der Waals surface area (Å²) in [5.74, 6) is -0.754. The number of carbonyl (C=O) groups is 2. The summed E-state index contributed by atoms with van der Waals surface area (Å²) in [6.07, 6.45) is 0. The van der Waals surface area contributed by atoms with E-state index in [2.05, 4.69) is 0 Å². The minimum Gasteiger partial charge on any atom is -0.507 e. The minimum atomic E-state index is -0.852. The van der Waals surface area contributed by atoms with E-state index in [4.69, 9.17) is 14.2 Å². The number of nitrogens with zero attached hydrogens (tertiary/aromatic N) is 1. The Kier molecular flexibility index (Phi) is 8.99. The number of ether oxygens (including phenoxy) is 3. The molecule has 1 saturated heterocycles. The number of methoxy groups -OCH3 is 1. The minimum absolute atomic E-state index is 0.0206. The van der Waals surface area contributed by atoms with Crippen LogP contribution in [0.5, 0.6) is 11.5 Å². The molecule has 39 heavy (non-hydrogen) atoms. The third-order valence-corrected chi connectivity index (χ3v) is 6.26. The Morgan fingerprint density at radius 2 is 1.67 bits per heavy atom. The topological polar surface area (TPSA) is 85.3 Å². The van der Waals surface area contributed by atoms with Crippen LogP contribution < -0.4 is 9.47 Å². The van der Waals surface area contributed by atoms with Gasteiger partial charge < -0.3 is 24.2 Å². The first kappa shape index (κ1) is 27.9. The fourth-order valence-electron chi connectivity index (χ4n) is 4.32. The first-order valence-electron chi connectivity index (χ1n) is 12.8. The maximum absolute atomic E-state index is 13.3. The number of ketones is 1. The average Bonchev–Trinajstić information content (AvgIpc) is 3.19. The van der Waals surface area contributed by atoms with Crippen LogP contribution in [0.1, 0.15) is 36.6 Å². The lowest BCUT2D eigenvalue weighted by molar-refractivity contribution is -0.140.